The van der Waals surface area contributed by atoms with Gasteiger partial charge >= 0.3 is 6.09 Å². The quantitative estimate of drug-likeness (QED) is 0.585. The van der Waals surface area contributed by atoms with E-state index in [4.69, 9.17) is 9.47 Å². The number of nitrogens with one attached hydrogen (secondary N) is 1. The lowest BCUT2D eigenvalue weighted by Gasteiger charge is -2.42. The van der Waals surface area contributed by atoms with E-state index < -0.39 is 6.09 Å². The fraction of sp³-hybridized carbons (Fsp3) is 0.588. The van der Waals surface area contributed by atoms with Gasteiger partial charge in [-0.3, -0.25) is 0 Å². The Morgan fingerprint density at radius 1 is 1.52 bits per heavy atom. The molecule has 1 aliphatic rings. The minimum Gasteiger partial charge on any atom is -0.445 e. The lowest BCUT2D eigenvalue weighted by molar-refractivity contribution is -0.0657. The van der Waals surface area contributed by atoms with Gasteiger partial charge in [0.2, 0.25) is 0 Å². The molecule has 0 bridgehead atoms. The highest BCUT2D eigenvalue weighted by Gasteiger charge is 2.38. The van der Waals surface area contributed by atoms with Gasteiger partial charge in [-0.05, 0) is 26.6 Å². The van der Waals surface area contributed by atoms with E-state index in [1.165, 1.54) is 17.8 Å². The standard InChI is InChI=1S/C17H26N4O3S/c1-5-9-23-17(22)20-11-13-10-14(21(3)4)12(2)15(24-13)25-16-18-7-6-8-19-16/h5-8,12-15H,1,9-11H2,2-4H3,(H,20,22). The van der Waals surface area contributed by atoms with Crippen molar-refractivity contribution in [2.75, 3.05) is 27.2 Å². The Bertz CT molecular complexity index is 558. The maximum Gasteiger partial charge on any atom is 0.407 e. The van der Waals surface area contributed by atoms with Gasteiger partial charge in [0, 0.05) is 30.9 Å². The second kappa shape index (κ2) is 9.74. The molecule has 0 spiro atoms. The van der Waals surface area contributed by atoms with E-state index in [0.29, 0.717) is 23.7 Å². The zero-order chi connectivity index (χ0) is 18.2. The highest BCUT2D eigenvalue weighted by atomic mass is 32.2. The van der Waals surface area contributed by atoms with Crippen LogP contribution in [0.4, 0.5) is 4.79 Å². The average Bonchev–Trinajstić information content (AvgIpc) is 2.61. The fourth-order valence-electron chi connectivity index (χ4n) is 2.82. The van der Waals surface area contributed by atoms with Gasteiger partial charge in [0.1, 0.15) is 12.0 Å². The summed E-state index contributed by atoms with van der Waals surface area (Å²) in [7, 11) is 4.13. The number of carbonyl (C=O) groups is 1. The van der Waals surface area contributed by atoms with Gasteiger partial charge in [-0.25, -0.2) is 14.8 Å². The average molecular weight is 366 g/mol. The van der Waals surface area contributed by atoms with Gasteiger partial charge < -0.3 is 19.7 Å². The number of hydrogen-bond acceptors (Lipinski definition) is 7. The molecular weight excluding hydrogens is 340 g/mol. The molecule has 1 aromatic heterocycles. The van der Waals surface area contributed by atoms with Crippen molar-refractivity contribution in [3.05, 3.63) is 31.1 Å². The van der Waals surface area contributed by atoms with Crippen LogP contribution in [0.2, 0.25) is 0 Å². The van der Waals surface area contributed by atoms with Crippen molar-refractivity contribution in [2.45, 2.75) is 36.1 Å². The first-order valence-electron chi connectivity index (χ1n) is 8.28. The molecule has 1 amide bonds. The number of thioether (sulfide) groups is 1. The van der Waals surface area contributed by atoms with Crippen LogP contribution in [0.15, 0.2) is 36.3 Å². The number of hydrogen-bond donors (Lipinski definition) is 1. The third kappa shape index (κ3) is 5.98. The van der Waals surface area contributed by atoms with Gasteiger partial charge in [-0.1, -0.05) is 31.3 Å². The summed E-state index contributed by atoms with van der Waals surface area (Å²) in [5.74, 6) is 0.299. The Morgan fingerprint density at radius 2 is 2.24 bits per heavy atom. The SMILES string of the molecule is C=CCOC(=O)NCC1CC(N(C)C)C(C)C(Sc2ncccn2)O1. The molecule has 0 aliphatic carbocycles. The first-order valence-corrected chi connectivity index (χ1v) is 9.16. The van der Waals surface area contributed by atoms with E-state index in [1.807, 2.05) is 0 Å². The summed E-state index contributed by atoms with van der Waals surface area (Å²) < 4.78 is 11.1. The number of aromatic nitrogens is 2. The van der Waals surface area contributed by atoms with Crippen molar-refractivity contribution in [1.82, 2.24) is 20.2 Å². The first kappa shape index (κ1) is 19.7. The number of ether oxygens (including phenoxy) is 2. The normalized spacial score (nSPS) is 26.2. The summed E-state index contributed by atoms with van der Waals surface area (Å²) in [6, 6.07) is 2.13. The smallest absolute Gasteiger partial charge is 0.407 e. The molecule has 1 fully saturated rings. The van der Waals surface area contributed by atoms with E-state index in [9.17, 15) is 4.79 Å². The molecule has 1 N–H and O–H groups in total. The number of carbonyl (C=O) groups excluding carboxylic acids is 1. The third-order valence-electron chi connectivity index (χ3n) is 4.10. The number of nitrogens with zero attached hydrogens (tertiary/aromatic N) is 3. The Hall–Kier alpha value is -1.64. The third-order valence-corrected chi connectivity index (χ3v) is 5.29. The lowest BCUT2D eigenvalue weighted by Crippen LogP contribution is -2.50. The summed E-state index contributed by atoms with van der Waals surface area (Å²) in [5.41, 5.74) is -0.0838. The first-order chi connectivity index (χ1) is 12.0. The van der Waals surface area contributed by atoms with Crippen LogP contribution in [-0.4, -0.2) is 65.8 Å². The minimum atomic E-state index is -0.459. The van der Waals surface area contributed by atoms with Crippen molar-refractivity contribution in [2.24, 2.45) is 5.92 Å². The lowest BCUT2D eigenvalue weighted by atomic mass is 9.92. The molecule has 8 heteroatoms. The van der Waals surface area contributed by atoms with Crippen LogP contribution < -0.4 is 5.32 Å². The van der Waals surface area contributed by atoms with Crippen LogP contribution in [0.5, 0.6) is 0 Å². The Balaban J connectivity index is 1.98. The second-order valence-corrected chi connectivity index (χ2v) is 7.23. The minimum absolute atomic E-state index is 0.0838. The molecule has 4 unspecified atom stereocenters. The van der Waals surface area contributed by atoms with Crippen molar-refractivity contribution in [3.8, 4) is 0 Å². The second-order valence-electron chi connectivity index (χ2n) is 6.17. The molecule has 1 saturated heterocycles. The molecule has 138 valence electrons. The van der Waals surface area contributed by atoms with Crippen LogP contribution in [0, 0.1) is 5.92 Å². The maximum absolute atomic E-state index is 11.6. The maximum atomic E-state index is 11.6. The number of alkyl carbamates (subject to hydrolysis) is 1. The molecule has 0 aromatic carbocycles. The largest absolute Gasteiger partial charge is 0.445 e. The predicted molar refractivity (Wildman–Crippen MR) is 97.4 cm³/mol. The van der Waals surface area contributed by atoms with Gasteiger partial charge in [0.25, 0.3) is 0 Å². The highest BCUT2D eigenvalue weighted by molar-refractivity contribution is 7.99. The molecule has 0 saturated carbocycles. The topological polar surface area (TPSA) is 76.6 Å². The van der Waals surface area contributed by atoms with Crippen molar-refractivity contribution >= 4 is 17.9 Å². The van der Waals surface area contributed by atoms with Crippen molar-refractivity contribution in [3.63, 3.8) is 0 Å². The highest BCUT2D eigenvalue weighted by Crippen LogP contribution is 2.36. The van der Waals surface area contributed by atoms with Gasteiger partial charge in [0.05, 0.1) is 6.10 Å². The van der Waals surface area contributed by atoms with E-state index >= 15 is 0 Å². The van der Waals surface area contributed by atoms with Crippen LogP contribution in [0.3, 0.4) is 0 Å². The molecule has 1 aliphatic heterocycles. The molecule has 1 aromatic rings. The summed E-state index contributed by atoms with van der Waals surface area (Å²) in [6.07, 6.45) is 5.26. The summed E-state index contributed by atoms with van der Waals surface area (Å²) in [6.45, 7) is 6.29. The van der Waals surface area contributed by atoms with Crippen molar-refractivity contribution in [1.29, 1.82) is 0 Å². The molecule has 2 heterocycles. The Kier molecular flexibility index (Phi) is 7.67. The van der Waals surface area contributed by atoms with Crippen LogP contribution in [0.25, 0.3) is 0 Å². The fourth-order valence-corrected chi connectivity index (χ4v) is 3.88. The molecule has 7 nitrogen and oxygen atoms in total. The Labute approximate surface area is 153 Å². The van der Waals surface area contributed by atoms with E-state index in [-0.39, 0.29) is 18.1 Å². The van der Waals surface area contributed by atoms with Gasteiger partial charge in [-0.2, -0.15) is 0 Å². The predicted octanol–water partition coefficient (Wildman–Crippen LogP) is 2.16. The molecule has 25 heavy (non-hydrogen) atoms. The molecular formula is C17H26N4O3S. The van der Waals surface area contributed by atoms with Crippen molar-refractivity contribution < 1.29 is 14.3 Å². The monoisotopic (exact) mass is 366 g/mol. The zero-order valence-corrected chi connectivity index (χ0v) is 15.7. The summed E-state index contributed by atoms with van der Waals surface area (Å²) >= 11 is 1.52. The van der Waals surface area contributed by atoms with Gasteiger partial charge in [0.15, 0.2) is 5.16 Å². The van der Waals surface area contributed by atoms with E-state index in [2.05, 4.69) is 47.8 Å². The molecule has 0 radical (unpaired) electrons. The molecule has 4 atom stereocenters. The van der Waals surface area contributed by atoms with E-state index in [1.54, 1.807) is 18.5 Å². The van der Waals surface area contributed by atoms with Crippen LogP contribution in [-0.2, 0) is 9.47 Å². The zero-order valence-electron chi connectivity index (χ0n) is 14.9. The van der Waals surface area contributed by atoms with E-state index in [0.717, 1.165) is 6.42 Å². The summed E-state index contributed by atoms with van der Waals surface area (Å²) in [5, 5.41) is 3.44. The van der Waals surface area contributed by atoms with Crippen LogP contribution in [0.1, 0.15) is 13.3 Å². The number of amides is 1. The Morgan fingerprint density at radius 3 is 2.88 bits per heavy atom. The van der Waals surface area contributed by atoms with Crippen LogP contribution >= 0.6 is 11.8 Å². The van der Waals surface area contributed by atoms with Gasteiger partial charge in [-0.15, -0.1) is 0 Å². The number of rotatable bonds is 7. The summed E-state index contributed by atoms with van der Waals surface area (Å²) in [4.78, 5) is 22.4. The molecule has 2 rings (SSSR count).